The van der Waals surface area contributed by atoms with Gasteiger partial charge in [0.2, 0.25) is 0 Å². The van der Waals surface area contributed by atoms with E-state index >= 15 is 0 Å². The molecule has 1 amide bonds. The summed E-state index contributed by atoms with van der Waals surface area (Å²) in [5.74, 6) is -0.491. The van der Waals surface area contributed by atoms with Gasteiger partial charge in [0.25, 0.3) is 5.91 Å². The molecule has 0 unspecified atom stereocenters. The lowest BCUT2D eigenvalue weighted by Crippen LogP contribution is -2.46. The third-order valence-electron chi connectivity index (χ3n) is 2.82. The molecule has 18 heavy (non-hydrogen) atoms. The molecule has 1 aliphatic rings. The number of nitrogens with one attached hydrogen (secondary N) is 2. The SMILES string of the molecule is O=C(NOCc1ccccc1)[C@H]1NC[C@H](O)[C@@H]1O. The maximum atomic E-state index is 11.6. The van der Waals surface area contributed by atoms with Crippen LogP contribution in [0.5, 0.6) is 0 Å². The van der Waals surface area contributed by atoms with Crippen LogP contribution in [0.3, 0.4) is 0 Å². The van der Waals surface area contributed by atoms with Crippen LogP contribution in [-0.4, -0.2) is 40.9 Å². The largest absolute Gasteiger partial charge is 0.389 e. The van der Waals surface area contributed by atoms with E-state index in [-0.39, 0.29) is 13.2 Å². The predicted molar refractivity (Wildman–Crippen MR) is 63.2 cm³/mol. The first-order valence-electron chi connectivity index (χ1n) is 5.73. The van der Waals surface area contributed by atoms with Crippen molar-refractivity contribution in [1.82, 2.24) is 10.8 Å². The molecule has 0 bridgehead atoms. The van der Waals surface area contributed by atoms with E-state index in [1.807, 2.05) is 30.3 Å². The Labute approximate surface area is 105 Å². The summed E-state index contributed by atoms with van der Waals surface area (Å²) in [4.78, 5) is 16.7. The average Bonchev–Trinajstić information content (AvgIpc) is 2.71. The minimum atomic E-state index is -1.11. The van der Waals surface area contributed by atoms with Crippen LogP contribution in [0.15, 0.2) is 30.3 Å². The molecule has 2 rings (SSSR count). The van der Waals surface area contributed by atoms with Gasteiger partial charge >= 0.3 is 0 Å². The number of benzene rings is 1. The molecule has 4 N–H and O–H groups in total. The minimum absolute atomic E-state index is 0.192. The lowest BCUT2D eigenvalue weighted by Gasteiger charge is -2.15. The number of hydroxylamine groups is 1. The van der Waals surface area contributed by atoms with Crippen molar-refractivity contribution in [2.24, 2.45) is 0 Å². The molecule has 0 spiro atoms. The number of aliphatic hydroxyl groups excluding tert-OH is 2. The standard InChI is InChI=1S/C12H16N2O4/c15-9-6-13-10(11(9)16)12(17)14-18-7-8-4-2-1-3-5-8/h1-5,9-11,13,15-16H,6-7H2,(H,14,17)/t9-,10-,11-/m0/s1. The number of β-amino-alcohol motifs (C(OH)–C–C–N with tert-alkyl or cyclic N) is 1. The second-order valence-corrected chi connectivity index (χ2v) is 4.18. The van der Waals surface area contributed by atoms with Gasteiger partial charge in [0.05, 0.1) is 12.7 Å². The molecule has 1 aromatic carbocycles. The summed E-state index contributed by atoms with van der Waals surface area (Å²) in [5, 5.41) is 21.5. The second kappa shape index (κ2) is 5.92. The molecule has 3 atom stereocenters. The lowest BCUT2D eigenvalue weighted by molar-refractivity contribution is -0.139. The van der Waals surface area contributed by atoms with Gasteiger partial charge in [0.1, 0.15) is 12.1 Å². The van der Waals surface area contributed by atoms with Gasteiger partial charge in [-0.3, -0.25) is 9.63 Å². The lowest BCUT2D eigenvalue weighted by atomic mass is 10.1. The van der Waals surface area contributed by atoms with Gasteiger partial charge in [0, 0.05) is 6.54 Å². The Balaban J connectivity index is 1.76. The summed E-state index contributed by atoms with van der Waals surface area (Å²) in [6, 6.07) is 8.55. The summed E-state index contributed by atoms with van der Waals surface area (Å²) in [5.41, 5.74) is 3.18. The van der Waals surface area contributed by atoms with E-state index in [9.17, 15) is 15.0 Å². The number of amides is 1. The van der Waals surface area contributed by atoms with Crippen molar-refractivity contribution in [3.63, 3.8) is 0 Å². The average molecular weight is 252 g/mol. The molecular formula is C12H16N2O4. The number of hydrogen-bond acceptors (Lipinski definition) is 5. The molecule has 6 nitrogen and oxygen atoms in total. The molecule has 0 aliphatic carbocycles. The third-order valence-corrected chi connectivity index (χ3v) is 2.82. The van der Waals surface area contributed by atoms with Crippen molar-refractivity contribution in [1.29, 1.82) is 0 Å². The molecule has 0 aromatic heterocycles. The Kier molecular flexibility index (Phi) is 4.27. The Morgan fingerprint density at radius 1 is 1.39 bits per heavy atom. The van der Waals surface area contributed by atoms with Crippen LogP contribution < -0.4 is 10.8 Å². The van der Waals surface area contributed by atoms with E-state index in [1.54, 1.807) is 0 Å². The summed E-state index contributed by atoms with van der Waals surface area (Å²) in [6.45, 7) is 0.440. The molecule has 0 radical (unpaired) electrons. The van der Waals surface area contributed by atoms with Gasteiger partial charge in [0.15, 0.2) is 0 Å². The van der Waals surface area contributed by atoms with E-state index in [1.165, 1.54) is 0 Å². The van der Waals surface area contributed by atoms with Crippen LogP contribution >= 0.6 is 0 Å². The van der Waals surface area contributed by atoms with E-state index in [0.29, 0.717) is 0 Å². The van der Waals surface area contributed by atoms with Crippen LogP contribution in [0.25, 0.3) is 0 Å². The van der Waals surface area contributed by atoms with E-state index in [2.05, 4.69) is 10.8 Å². The highest BCUT2D eigenvalue weighted by molar-refractivity contribution is 5.82. The molecule has 98 valence electrons. The van der Waals surface area contributed by atoms with Crippen molar-refractivity contribution in [3.05, 3.63) is 35.9 Å². The first-order chi connectivity index (χ1) is 8.68. The quantitative estimate of drug-likeness (QED) is 0.512. The molecule has 0 saturated carbocycles. The van der Waals surface area contributed by atoms with Gasteiger partial charge in [-0.2, -0.15) is 0 Å². The van der Waals surface area contributed by atoms with E-state index < -0.39 is 24.2 Å². The fourth-order valence-corrected chi connectivity index (χ4v) is 1.79. The maximum Gasteiger partial charge on any atom is 0.263 e. The summed E-state index contributed by atoms with van der Waals surface area (Å²) >= 11 is 0. The van der Waals surface area contributed by atoms with Gasteiger partial charge < -0.3 is 15.5 Å². The molecule has 1 heterocycles. The Bertz CT molecular complexity index is 398. The van der Waals surface area contributed by atoms with Gasteiger partial charge in [-0.05, 0) is 5.56 Å². The van der Waals surface area contributed by atoms with Crippen LogP contribution in [0.2, 0.25) is 0 Å². The van der Waals surface area contributed by atoms with Gasteiger partial charge in [-0.15, -0.1) is 0 Å². The molecular weight excluding hydrogens is 236 g/mol. The molecule has 6 heteroatoms. The molecule has 1 saturated heterocycles. The monoisotopic (exact) mass is 252 g/mol. The summed E-state index contributed by atoms with van der Waals surface area (Å²) in [6.07, 6.45) is -2.03. The summed E-state index contributed by atoms with van der Waals surface area (Å²) in [7, 11) is 0. The van der Waals surface area contributed by atoms with Crippen LogP contribution in [-0.2, 0) is 16.2 Å². The van der Waals surface area contributed by atoms with Crippen LogP contribution in [0.4, 0.5) is 0 Å². The molecule has 1 aliphatic heterocycles. The minimum Gasteiger partial charge on any atom is -0.389 e. The zero-order chi connectivity index (χ0) is 13.0. The number of rotatable bonds is 4. The van der Waals surface area contributed by atoms with Crippen LogP contribution in [0, 0.1) is 0 Å². The van der Waals surface area contributed by atoms with Crippen molar-refractivity contribution in [3.8, 4) is 0 Å². The van der Waals surface area contributed by atoms with E-state index in [0.717, 1.165) is 5.56 Å². The van der Waals surface area contributed by atoms with Crippen LogP contribution in [0.1, 0.15) is 5.56 Å². The molecule has 1 aromatic rings. The maximum absolute atomic E-state index is 11.6. The molecule has 1 fully saturated rings. The number of carbonyl (C=O) groups is 1. The number of aliphatic hydroxyl groups is 2. The van der Waals surface area contributed by atoms with Crippen molar-refractivity contribution >= 4 is 5.91 Å². The zero-order valence-electron chi connectivity index (χ0n) is 9.74. The second-order valence-electron chi connectivity index (χ2n) is 4.18. The van der Waals surface area contributed by atoms with Crippen molar-refractivity contribution in [2.75, 3.05) is 6.54 Å². The number of carbonyl (C=O) groups excluding carboxylic acids is 1. The van der Waals surface area contributed by atoms with E-state index in [4.69, 9.17) is 4.84 Å². The smallest absolute Gasteiger partial charge is 0.263 e. The fourth-order valence-electron chi connectivity index (χ4n) is 1.79. The van der Waals surface area contributed by atoms with Gasteiger partial charge in [-0.1, -0.05) is 30.3 Å². The first kappa shape index (κ1) is 13.0. The normalized spacial score (nSPS) is 27.1. The Hall–Kier alpha value is -1.47. The third kappa shape index (κ3) is 3.05. The van der Waals surface area contributed by atoms with Gasteiger partial charge in [-0.25, -0.2) is 5.48 Å². The summed E-state index contributed by atoms with van der Waals surface area (Å²) < 4.78 is 0. The highest BCUT2D eigenvalue weighted by Gasteiger charge is 2.37. The Morgan fingerprint density at radius 2 is 2.11 bits per heavy atom. The first-order valence-corrected chi connectivity index (χ1v) is 5.73. The fraction of sp³-hybridized carbons (Fsp3) is 0.417. The highest BCUT2D eigenvalue weighted by Crippen LogP contribution is 2.08. The number of hydrogen-bond donors (Lipinski definition) is 4. The topological polar surface area (TPSA) is 90.8 Å². The zero-order valence-corrected chi connectivity index (χ0v) is 9.74. The van der Waals surface area contributed by atoms with Crippen molar-refractivity contribution < 1.29 is 19.8 Å². The van der Waals surface area contributed by atoms with Crippen molar-refractivity contribution in [2.45, 2.75) is 24.9 Å². The highest BCUT2D eigenvalue weighted by atomic mass is 16.7. The predicted octanol–water partition coefficient (Wildman–Crippen LogP) is -1.07. The Morgan fingerprint density at radius 3 is 2.72 bits per heavy atom.